The topological polar surface area (TPSA) is 129 Å². The molecule has 0 radical (unpaired) electrons. The molecule has 2 aliphatic heterocycles. The molecule has 1 aromatic heterocycles. The van der Waals surface area contributed by atoms with Gasteiger partial charge in [-0.3, -0.25) is 4.79 Å². The average molecular weight is 412 g/mol. The molecule has 3 unspecified atom stereocenters. The molecule has 1 saturated heterocycles. The molecular formula is C21H20N2O7. The predicted molar refractivity (Wildman–Crippen MR) is 106 cm³/mol. The van der Waals surface area contributed by atoms with E-state index in [0.717, 1.165) is 4.57 Å². The maximum Gasteiger partial charge on any atom is 0.418 e. The van der Waals surface area contributed by atoms with Crippen LogP contribution in [-0.4, -0.2) is 61.5 Å². The maximum absolute atomic E-state index is 12.7. The molecule has 1 amide bonds. The minimum absolute atomic E-state index is 0.0308. The molecule has 9 heteroatoms. The number of aliphatic hydroxyl groups excluding tert-OH is 1. The Hall–Kier alpha value is -3.59. The summed E-state index contributed by atoms with van der Waals surface area (Å²) in [5.41, 5.74) is 1.38. The predicted octanol–water partition coefficient (Wildman–Crippen LogP) is 1.92. The second kappa shape index (κ2) is 7.03. The molecule has 30 heavy (non-hydrogen) atoms. The van der Waals surface area contributed by atoms with Gasteiger partial charge in [0.25, 0.3) is 0 Å². The first-order chi connectivity index (χ1) is 14.3. The van der Waals surface area contributed by atoms with Crippen molar-refractivity contribution in [1.82, 2.24) is 9.47 Å². The number of aromatic nitrogens is 1. The summed E-state index contributed by atoms with van der Waals surface area (Å²) in [6, 6.07) is 5.82. The molecule has 156 valence electrons. The number of carbonyl (C=O) groups is 3. The van der Waals surface area contributed by atoms with E-state index < -0.39 is 30.0 Å². The number of esters is 1. The van der Waals surface area contributed by atoms with Crippen molar-refractivity contribution < 1.29 is 34.4 Å². The number of aromatic hydroxyl groups is 1. The van der Waals surface area contributed by atoms with Crippen LogP contribution < -0.4 is 0 Å². The van der Waals surface area contributed by atoms with Crippen LogP contribution in [0.3, 0.4) is 0 Å². The molecule has 0 bridgehead atoms. The summed E-state index contributed by atoms with van der Waals surface area (Å²) in [4.78, 5) is 38.2. The van der Waals surface area contributed by atoms with Crippen LogP contribution in [-0.2, 0) is 14.3 Å². The molecule has 0 aliphatic carbocycles. The largest absolute Gasteiger partial charge is 0.494 e. The van der Waals surface area contributed by atoms with Gasteiger partial charge in [0.1, 0.15) is 12.3 Å². The van der Waals surface area contributed by atoms with E-state index >= 15 is 0 Å². The molecule has 3 atom stereocenters. The summed E-state index contributed by atoms with van der Waals surface area (Å²) in [6.07, 6.45) is -0.494. The van der Waals surface area contributed by atoms with E-state index in [9.17, 15) is 29.7 Å². The van der Waals surface area contributed by atoms with E-state index in [4.69, 9.17) is 4.74 Å². The second-order valence-electron chi connectivity index (χ2n) is 7.35. The molecule has 1 fully saturated rings. The van der Waals surface area contributed by atoms with Gasteiger partial charge in [-0.25, -0.2) is 14.2 Å². The number of amides is 1. The van der Waals surface area contributed by atoms with Gasteiger partial charge in [-0.05, 0) is 30.5 Å². The summed E-state index contributed by atoms with van der Waals surface area (Å²) in [5.74, 6) is -2.10. The van der Waals surface area contributed by atoms with E-state index in [1.165, 1.54) is 24.0 Å². The fourth-order valence-electron chi connectivity index (χ4n) is 4.29. The fourth-order valence-corrected chi connectivity index (χ4v) is 4.29. The van der Waals surface area contributed by atoms with Gasteiger partial charge in [-0.2, -0.15) is 0 Å². The standard InChI is InChI=1S/C21H20N2O7/c1-3-6-30-20(27)18-13(9-15-17(10(2)24)19(26)23(15)18)11-4-5-12-8-16(25)22(21(28)29)14(12)7-11/h3-5,7-8,10,15,17,24-25H,1,6,9H2,2H3,(H,28,29). The van der Waals surface area contributed by atoms with Crippen molar-refractivity contribution in [3.63, 3.8) is 0 Å². The number of rotatable bonds is 5. The lowest BCUT2D eigenvalue weighted by Crippen LogP contribution is -2.61. The zero-order valence-electron chi connectivity index (χ0n) is 16.1. The van der Waals surface area contributed by atoms with Crippen molar-refractivity contribution in [2.24, 2.45) is 5.92 Å². The van der Waals surface area contributed by atoms with Crippen LogP contribution in [0, 0.1) is 5.92 Å². The lowest BCUT2D eigenvalue weighted by molar-refractivity contribution is -0.162. The van der Waals surface area contributed by atoms with Gasteiger partial charge < -0.3 is 25.0 Å². The Morgan fingerprint density at radius 1 is 1.37 bits per heavy atom. The maximum atomic E-state index is 12.7. The number of hydrogen-bond acceptors (Lipinski definition) is 6. The molecule has 4 rings (SSSR count). The molecule has 0 spiro atoms. The van der Waals surface area contributed by atoms with Crippen LogP contribution in [0.15, 0.2) is 42.6 Å². The van der Waals surface area contributed by atoms with Crippen molar-refractivity contribution in [2.75, 3.05) is 6.61 Å². The second-order valence-corrected chi connectivity index (χ2v) is 7.35. The van der Waals surface area contributed by atoms with Gasteiger partial charge in [0, 0.05) is 11.5 Å². The quantitative estimate of drug-likeness (QED) is 0.389. The molecule has 2 aromatic rings. The monoisotopic (exact) mass is 412 g/mol. The number of carboxylic acid groups (broad SMARTS) is 1. The zero-order valence-corrected chi connectivity index (χ0v) is 16.1. The molecular weight excluding hydrogens is 392 g/mol. The van der Waals surface area contributed by atoms with Gasteiger partial charge in [-0.15, -0.1) is 0 Å². The Bertz CT molecular complexity index is 1130. The Balaban J connectivity index is 1.84. The Labute approximate surface area is 171 Å². The minimum Gasteiger partial charge on any atom is -0.494 e. The van der Waals surface area contributed by atoms with Gasteiger partial charge in [0.2, 0.25) is 11.8 Å². The van der Waals surface area contributed by atoms with Crippen LogP contribution in [0.25, 0.3) is 16.5 Å². The van der Waals surface area contributed by atoms with Crippen LogP contribution in [0.5, 0.6) is 5.88 Å². The number of ether oxygens (including phenoxy) is 1. The highest BCUT2D eigenvalue weighted by molar-refractivity contribution is 6.07. The molecule has 3 heterocycles. The van der Waals surface area contributed by atoms with E-state index in [2.05, 4.69) is 6.58 Å². The normalized spacial score (nSPS) is 21.4. The summed E-state index contributed by atoms with van der Waals surface area (Å²) in [7, 11) is 0. The van der Waals surface area contributed by atoms with E-state index in [-0.39, 0.29) is 29.8 Å². The highest BCUT2D eigenvalue weighted by atomic mass is 16.5. The van der Waals surface area contributed by atoms with Crippen LogP contribution >= 0.6 is 0 Å². The lowest BCUT2D eigenvalue weighted by atomic mass is 9.82. The van der Waals surface area contributed by atoms with Gasteiger partial charge in [-0.1, -0.05) is 24.8 Å². The van der Waals surface area contributed by atoms with E-state index in [1.54, 1.807) is 18.2 Å². The zero-order chi connectivity index (χ0) is 21.7. The van der Waals surface area contributed by atoms with Crippen molar-refractivity contribution in [3.05, 3.63) is 48.2 Å². The third kappa shape index (κ3) is 2.78. The number of nitrogens with zero attached hydrogens (tertiary/aromatic N) is 2. The third-order valence-electron chi connectivity index (χ3n) is 5.58. The van der Waals surface area contributed by atoms with E-state index in [1.807, 2.05) is 0 Å². The molecule has 0 saturated carbocycles. The highest BCUT2D eigenvalue weighted by Crippen LogP contribution is 2.47. The first-order valence-electron chi connectivity index (χ1n) is 9.36. The van der Waals surface area contributed by atoms with Crippen molar-refractivity contribution in [3.8, 4) is 5.88 Å². The van der Waals surface area contributed by atoms with Crippen molar-refractivity contribution in [1.29, 1.82) is 0 Å². The Kier molecular flexibility index (Phi) is 4.62. The number of carbonyl (C=O) groups excluding carboxylic acids is 2. The molecule has 3 N–H and O–H groups in total. The fraction of sp³-hybridized carbons (Fsp3) is 0.286. The summed E-state index contributed by atoms with van der Waals surface area (Å²) >= 11 is 0. The first-order valence-corrected chi connectivity index (χ1v) is 9.36. The number of hydrogen-bond donors (Lipinski definition) is 3. The van der Waals surface area contributed by atoms with Crippen molar-refractivity contribution >= 4 is 34.4 Å². The third-order valence-corrected chi connectivity index (χ3v) is 5.58. The number of benzene rings is 1. The first kappa shape index (κ1) is 19.7. The molecule has 9 nitrogen and oxygen atoms in total. The lowest BCUT2D eigenvalue weighted by Gasteiger charge is -2.44. The average Bonchev–Trinajstić information content (AvgIpc) is 3.19. The number of β-lactam (4-membered cyclic amide) rings is 1. The van der Waals surface area contributed by atoms with Crippen LogP contribution in [0.2, 0.25) is 0 Å². The van der Waals surface area contributed by atoms with Crippen molar-refractivity contribution in [2.45, 2.75) is 25.5 Å². The summed E-state index contributed by atoms with van der Waals surface area (Å²) in [6.45, 7) is 5.01. The molecule has 1 aromatic carbocycles. The Morgan fingerprint density at radius 2 is 2.10 bits per heavy atom. The van der Waals surface area contributed by atoms with Gasteiger partial charge >= 0.3 is 12.1 Å². The van der Waals surface area contributed by atoms with Gasteiger partial charge in [0.05, 0.1) is 23.6 Å². The Morgan fingerprint density at radius 3 is 2.73 bits per heavy atom. The number of aliphatic hydroxyl groups is 1. The minimum atomic E-state index is -1.35. The van der Waals surface area contributed by atoms with Crippen LogP contribution in [0.1, 0.15) is 18.9 Å². The summed E-state index contributed by atoms with van der Waals surface area (Å²) < 4.78 is 5.91. The van der Waals surface area contributed by atoms with E-state index in [0.29, 0.717) is 22.9 Å². The highest BCUT2D eigenvalue weighted by Gasteiger charge is 2.57. The number of fused-ring (bicyclic) bond motifs is 2. The SMILES string of the molecule is C=CCOC(=O)C1=C(c2ccc3cc(O)n(C(=O)O)c3c2)CC2C(C(C)O)C(=O)N12. The van der Waals surface area contributed by atoms with Crippen LogP contribution in [0.4, 0.5) is 4.79 Å². The summed E-state index contributed by atoms with van der Waals surface area (Å²) in [5, 5.41) is 29.8. The molecule has 2 aliphatic rings. The smallest absolute Gasteiger partial charge is 0.418 e. The van der Waals surface area contributed by atoms with Gasteiger partial charge in [0.15, 0.2) is 0 Å².